The summed E-state index contributed by atoms with van der Waals surface area (Å²) in [5.74, 6) is 1.18. The summed E-state index contributed by atoms with van der Waals surface area (Å²) in [5, 5.41) is 19.7. The highest BCUT2D eigenvalue weighted by Gasteiger charge is 2.12. The zero-order valence-electron chi connectivity index (χ0n) is 15.0. The molecule has 0 saturated carbocycles. The SMILES string of the molecule is C=CCOc1cc(C=Cc2cc(OC)c(OC)c(OC)c2)cc(O)c1O. The van der Waals surface area contributed by atoms with Gasteiger partial charge in [0.2, 0.25) is 11.5 Å². The predicted octanol–water partition coefficient (Wildman–Crippen LogP) is 3.86. The molecule has 2 aromatic rings. The van der Waals surface area contributed by atoms with E-state index in [1.54, 1.807) is 51.7 Å². The monoisotopic (exact) mass is 358 g/mol. The van der Waals surface area contributed by atoms with Crippen molar-refractivity contribution >= 4 is 12.2 Å². The lowest BCUT2D eigenvalue weighted by atomic mass is 10.1. The lowest BCUT2D eigenvalue weighted by Gasteiger charge is -2.13. The Kier molecular flexibility index (Phi) is 6.38. The van der Waals surface area contributed by atoms with Gasteiger partial charge in [-0.2, -0.15) is 0 Å². The van der Waals surface area contributed by atoms with Crippen molar-refractivity contribution < 1.29 is 29.2 Å². The second kappa shape index (κ2) is 8.71. The van der Waals surface area contributed by atoms with E-state index in [9.17, 15) is 10.2 Å². The molecule has 6 nitrogen and oxygen atoms in total. The van der Waals surface area contributed by atoms with Crippen molar-refractivity contribution in [1.82, 2.24) is 0 Å². The molecule has 26 heavy (non-hydrogen) atoms. The molecular weight excluding hydrogens is 336 g/mol. The standard InChI is InChI=1S/C20H22O6/c1-5-8-26-16-10-13(9-15(21)19(16)22)6-7-14-11-17(23-2)20(25-4)18(12-14)24-3/h5-7,9-12,21-22H,1,8H2,2-4H3. The van der Waals surface area contributed by atoms with Crippen LogP contribution in [0.5, 0.6) is 34.5 Å². The number of benzene rings is 2. The number of phenolic OH excluding ortho intramolecular Hbond substituents is 2. The van der Waals surface area contributed by atoms with Gasteiger partial charge in [-0.1, -0.05) is 24.8 Å². The highest BCUT2D eigenvalue weighted by molar-refractivity contribution is 5.74. The Labute approximate surface area is 152 Å². The Morgan fingerprint density at radius 3 is 1.88 bits per heavy atom. The third-order valence-electron chi connectivity index (χ3n) is 3.59. The molecule has 0 unspecified atom stereocenters. The summed E-state index contributed by atoms with van der Waals surface area (Å²) < 4.78 is 21.3. The Morgan fingerprint density at radius 1 is 0.846 bits per heavy atom. The van der Waals surface area contributed by atoms with Gasteiger partial charge in [-0.3, -0.25) is 0 Å². The van der Waals surface area contributed by atoms with Crippen LogP contribution in [0.2, 0.25) is 0 Å². The molecule has 0 aliphatic rings. The highest BCUT2D eigenvalue weighted by Crippen LogP contribution is 2.39. The quantitative estimate of drug-likeness (QED) is 0.424. The summed E-state index contributed by atoms with van der Waals surface area (Å²) in [6, 6.07) is 6.65. The molecule has 0 bridgehead atoms. The maximum absolute atomic E-state index is 9.86. The molecule has 2 N–H and O–H groups in total. The largest absolute Gasteiger partial charge is 0.504 e. The van der Waals surface area contributed by atoms with E-state index in [4.69, 9.17) is 18.9 Å². The maximum atomic E-state index is 9.86. The van der Waals surface area contributed by atoms with Crippen LogP contribution in [0.15, 0.2) is 36.9 Å². The van der Waals surface area contributed by atoms with Crippen molar-refractivity contribution in [1.29, 1.82) is 0 Å². The zero-order valence-corrected chi connectivity index (χ0v) is 15.0. The fourth-order valence-electron chi connectivity index (χ4n) is 2.36. The normalized spacial score (nSPS) is 10.6. The Morgan fingerprint density at radius 2 is 1.38 bits per heavy atom. The summed E-state index contributed by atoms with van der Waals surface area (Å²) in [7, 11) is 4.64. The highest BCUT2D eigenvalue weighted by atomic mass is 16.5. The average molecular weight is 358 g/mol. The molecule has 138 valence electrons. The summed E-state index contributed by atoms with van der Waals surface area (Å²) in [6.45, 7) is 3.77. The van der Waals surface area contributed by atoms with Crippen molar-refractivity contribution in [3.8, 4) is 34.5 Å². The van der Waals surface area contributed by atoms with Gasteiger partial charge in [0, 0.05) is 0 Å². The number of aromatic hydroxyl groups is 2. The zero-order chi connectivity index (χ0) is 19.1. The minimum atomic E-state index is -0.309. The second-order valence-corrected chi connectivity index (χ2v) is 5.28. The second-order valence-electron chi connectivity index (χ2n) is 5.28. The number of phenols is 2. The average Bonchev–Trinajstić information content (AvgIpc) is 2.66. The van der Waals surface area contributed by atoms with Gasteiger partial charge in [0.1, 0.15) is 6.61 Å². The molecule has 0 saturated heterocycles. The molecule has 0 aliphatic carbocycles. The van der Waals surface area contributed by atoms with Gasteiger partial charge in [0.05, 0.1) is 21.3 Å². The van der Waals surface area contributed by atoms with E-state index in [1.165, 1.54) is 6.07 Å². The molecule has 0 heterocycles. The van der Waals surface area contributed by atoms with E-state index in [1.807, 2.05) is 6.08 Å². The van der Waals surface area contributed by atoms with E-state index in [2.05, 4.69) is 6.58 Å². The van der Waals surface area contributed by atoms with Gasteiger partial charge in [0.15, 0.2) is 23.0 Å². The van der Waals surface area contributed by atoms with Crippen molar-refractivity contribution in [3.05, 3.63) is 48.0 Å². The first-order chi connectivity index (χ1) is 12.5. The van der Waals surface area contributed by atoms with Gasteiger partial charge in [0.25, 0.3) is 0 Å². The Balaban J connectivity index is 2.37. The predicted molar refractivity (Wildman–Crippen MR) is 100 cm³/mol. The Bertz CT molecular complexity index is 785. The number of methoxy groups -OCH3 is 3. The van der Waals surface area contributed by atoms with E-state index in [-0.39, 0.29) is 23.9 Å². The fraction of sp³-hybridized carbons (Fsp3) is 0.200. The first-order valence-electron chi connectivity index (χ1n) is 7.81. The molecule has 0 aromatic heterocycles. The van der Waals surface area contributed by atoms with Gasteiger partial charge < -0.3 is 29.2 Å². The molecular formula is C20H22O6. The van der Waals surface area contributed by atoms with Crippen LogP contribution < -0.4 is 18.9 Å². The lowest BCUT2D eigenvalue weighted by molar-refractivity contribution is 0.324. The summed E-state index contributed by atoms with van der Waals surface area (Å²) in [4.78, 5) is 0. The van der Waals surface area contributed by atoms with Crippen molar-refractivity contribution in [2.45, 2.75) is 0 Å². The molecule has 0 radical (unpaired) electrons. The first kappa shape index (κ1) is 19.1. The molecule has 0 aliphatic heterocycles. The molecule has 0 spiro atoms. The smallest absolute Gasteiger partial charge is 0.203 e. The van der Waals surface area contributed by atoms with Crippen LogP contribution in [0.25, 0.3) is 12.2 Å². The lowest BCUT2D eigenvalue weighted by Crippen LogP contribution is -1.95. The summed E-state index contributed by atoms with van der Waals surface area (Å²) in [6.07, 6.45) is 5.13. The topological polar surface area (TPSA) is 77.4 Å². The van der Waals surface area contributed by atoms with Crippen LogP contribution >= 0.6 is 0 Å². The van der Waals surface area contributed by atoms with Gasteiger partial charge in [-0.05, 0) is 35.4 Å². The van der Waals surface area contributed by atoms with E-state index >= 15 is 0 Å². The number of ether oxygens (including phenoxy) is 4. The van der Waals surface area contributed by atoms with Crippen molar-refractivity contribution in [2.75, 3.05) is 27.9 Å². The van der Waals surface area contributed by atoms with Crippen molar-refractivity contribution in [3.63, 3.8) is 0 Å². The maximum Gasteiger partial charge on any atom is 0.203 e. The minimum Gasteiger partial charge on any atom is -0.504 e. The van der Waals surface area contributed by atoms with Crippen molar-refractivity contribution in [2.24, 2.45) is 0 Å². The first-order valence-corrected chi connectivity index (χ1v) is 7.81. The Hall–Kier alpha value is -3.28. The molecule has 0 atom stereocenters. The van der Waals surface area contributed by atoms with Gasteiger partial charge in [-0.25, -0.2) is 0 Å². The third-order valence-corrected chi connectivity index (χ3v) is 3.59. The van der Waals surface area contributed by atoms with Crippen LogP contribution in [0, 0.1) is 0 Å². The van der Waals surface area contributed by atoms with Crippen LogP contribution in [-0.2, 0) is 0 Å². The third kappa shape index (κ3) is 4.22. The molecule has 2 aromatic carbocycles. The van der Waals surface area contributed by atoms with Crippen LogP contribution in [-0.4, -0.2) is 38.1 Å². The van der Waals surface area contributed by atoms with E-state index in [0.29, 0.717) is 22.8 Å². The van der Waals surface area contributed by atoms with Gasteiger partial charge in [-0.15, -0.1) is 0 Å². The van der Waals surface area contributed by atoms with E-state index < -0.39 is 0 Å². The summed E-state index contributed by atoms with van der Waals surface area (Å²) in [5.41, 5.74) is 1.45. The number of hydrogen-bond donors (Lipinski definition) is 2. The number of hydrogen-bond acceptors (Lipinski definition) is 6. The molecule has 2 rings (SSSR count). The van der Waals surface area contributed by atoms with E-state index in [0.717, 1.165) is 5.56 Å². The van der Waals surface area contributed by atoms with Gasteiger partial charge >= 0.3 is 0 Å². The molecule has 6 heteroatoms. The minimum absolute atomic E-state index is 0.175. The van der Waals surface area contributed by atoms with Crippen LogP contribution in [0.1, 0.15) is 11.1 Å². The fourth-order valence-corrected chi connectivity index (χ4v) is 2.36. The summed E-state index contributed by atoms with van der Waals surface area (Å²) >= 11 is 0. The number of rotatable bonds is 8. The van der Waals surface area contributed by atoms with Crippen LogP contribution in [0.4, 0.5) is 0 Å². The molecule has 0 amide bonds. The van der Waals surface area contributed by atoms with Crippen LogP contribution in [0.3, 0.4) is 0 Å². The molecule has 0 fully saturated rings.